The Morgan fingerprint density at radius 3 is 2.79 bits per heavy atom. The van der Waals surface area contributed by atoms with Crippen molar-refractivity contribution in [1.29, 1.82) is 0 Å². The Bertz CT molecular complexity index is 1100. The number of fused-ring (bicyclic) bond motifs is 1. The monoisotopic (exact) mass is 427 g/mol. The second-order valence-corrected chi connectivity index (χ2v) is 8.73. The zero-order valence-electron chi connectivity index (χ0n) is 15.5. The number of hydrogen-bond donors (Lipinski definition) is 1. The van der Waals surface area contributed by atoms with Crippen molar-refractivity contribution in [3.63, 3.8) is 0 Å². The molecular weight excluding hydrogens is 410 g/mol. The zero-order valence-corrected chi connectivity index (χ0v) is 17.1. The highest BCUT2D eigenvalue weighted by atomic mass is 32.1. The van der Waals surface area contributed by atoms with Crippen LogP contribution < -0.4 is 14.8 Å². The first-order valence-electron chi connectivity index (χ1n) is 9.07. The fourth-order valence-electron chi connectivity index (χ4n) is 3.45. The number of hydrogen-bond acceptors (Lipinski definition) is 7. The van der Waals surface area contributed by atoms with Crippen molar-refractivity contribution < 1.29 is 19.1 Å². The largest absolute Gasteiger partial charge is 0.486 e. The van der Waals surface area contributed by atoms with Gasteiger partial charge in [0, 0.05) is 5.38 Å². The van der Waals surface area contributed by atoms with Gasteiger partial charge in [-0.2, -0.15) is 0 Å². The minimum absolute atomic E-state index is 0.132. The van der Waals surface area contributed by atoms with Gasteiger partial charge in [-0.25, -0.2) is 9.78 Å². The fraction of sp³-hybridized carbons (Fsp3) is 0.250. The number of carbonyl (C=O) groups is 2. The third-order valence-corrected chi connectivity index (χ3v) is 6.93. The van der Waals surface area contributed by atoms with Gasteiger partial charge in [-0.1, -0.05) is 12.1 Å². The van der Waals surface area contributed by atoms with Crippen LogP contribution in [-0.4, -0.2) is 35.0 Å². The Kier molecular flexibility index (Phi) is 4.29. The highest BCUT2D eigenvalue weighted by Crippen LogP contribution is 2.37. The Balaban J connectivity index is 1.39. The first kappa shape index (κ1) is 18.1. The van der Waals surface area contributed by atoms with Crippen molar-refractivity contribution in [3.05, 3.63) is 52.3 Å². The Morgan fingerprint density at radius 2 is 2.00 bits per heavy atom. The van der Waals surface area contributed by atoms with Crippen molar-refractivity contribution in [2.45, 2.75) is 19.0 Å². The van der Waals surface area contributed by atoms with E-state index in [2.05, 4.69) is 10.3 Å². The number of benzene rings is 1. The summed E-state index contributed by atoms with van der Waals surface area (Å²) in [5.74, 6) is 0.904. The van der Waals surface area contributed by atoms with E-state index in [-0.39, 0.29) is 12.5 Å². The molecule has 1 atom stereocenters. The van der Waals surface area contributed by atoms with Crippen LogP contribution in [0.25, 0.3) is 9.88 Å². The second-order valence-electron chi connectivity index (χ2n) is 6.93. The van der Waals surface area contributed by atoms with Crippen LogP contribution in [0.5, 0.6) is 11.5 Å². The van der Waals surface area contributed by atoms with Crippen molar-refractivity contribution in [2.75, 3.05) is 13.2 Å². The molecule has 2 aliphatic rings. The average Bonchev–Trinajstić information content (AvgIpc) is 3.46. The van der Waals surface area contributed by atoms with Crippen LogP contribution in [0.2, 0.25) is 0 Å². The molecule has 1 saturated heterocycles. The maximum absolute atomic E-state index is 13.2. The van der Waals surface area contributed by atoms with Gasteiger partial charge in [-0.3, -0.25) is 9.69 Å². The van der Waals surface area contributed by atoms with Gasteiger partial charge in [0.15, 0.2) is 11.5 Å². The van der Waals surface area contributed by atoms with Gasteiger partial charge in [0.05, 0.1) is 17.1 Å². The van der Waals surface area contributed by atoms with E-state index in [0.29, 0.717) is 36.0 Å². The first-order chi connectivity index (χ1) is 14.0. The Morgan fingerprint density at radius 1 is 1.17 bits per heavy atom. The van der Waals surface area contributed by atoms with Crippen molar-refractivity contribution in [3.8, 4) is 21.4 Å². The summed E-state index contributed by atoms with van der Waals surface area (Å²) in [5.41, 5.74) is 0.174. The van der Waals surface area contributed by atoms with Crippen LogP contribution in [0, 0.1) is 0 Å². The lowest BCUT2D eigenvalue weighted by Crippen LogP contribution is -2.41. The standard InChI is InChI=1S/C20H17N3O4S2/c1-20(12-4-5-14-15(9-12)27-7-6-26-14)18(24)23(19(25)22-20)10-13-11-29-17(21-13)16-3-2-8-28-16/h2-5,8-9,11H,6-7,10H2,1H3,(H,22,25). The summed E-state index contributed by atoms with van der Waals surface area (Å²) in [5, 5.41) is 7.59. The van der Waals surface area contributed by atoms with Crippen molar-refractivity contribution in [2.24, 2.45) is 0 Å². The van der Waals surface area contributed by atoms with Crippen LogP contribution in [0.3, 0.4) is 0 Å². The van der Waals surface area contributed by atoms with Gasteiger partial charge in [0.1, 0.15) is 23.8 Å². The minimum Gasteiger partial charge on any atom is -0.486 e. The summed E-state index contributed by atoms with van der Waals surface area (Å²) < 4.78 is 11.2. The molecule has 2 aliphatic heterocycles. The molecule has 1 N–H and O–H groups in total. The summed E-state index contributed by atoms with van der Waals surface area (Å²) >= 11 is 3.11. The summed E-state index contributed by atoms with van der Waals surface area (Å²) in [6.45, 7) is 2.79. The van der Waals surface area contributed by atoms with E-state index in [0.717, 1.165) is 9.88 Å². The van der Waals surface area contributed by atoms with E-state index in [4.69, 9.17) is 9.47 Å². The molecule has 9 heteroatoms. The normalized spacial score (nSPS) is 20.8. The molecule has 0 aliphatic carbocycles. The number of thiophene rings is 1. The molecule has 3 aromatic rings. The van der Waals surface area contributed by atoms with E-state index in [9.17, 15) is 9.59 Å². The lowest BCUT2D eigenvalue weighted by atomic mass is 9.91. The maximum Gasteiger partial charge on any atom is 0.325 e. The maximum atomic E-state index is 13.2. The van der Waals surface area contributed by atoms with Gasteiger partial charge in [0.25, 0.3) is 5.91 Å². The van der Waals surface area contributed by atoms with E-state index in [1.165, 1.54) is 16.2 Å². The van der Waals surface area contributed by atoms with Crippen LogP contribution in [0.4, 0.5) is 4.79 Å². The van der Waals surface area contributed by atoms with Crippen LogP contribution in [-0.2, 0) is 16.9 Å². The van der Waals surface area contributed by atoms with Gasteiger partial charge in [-0.05, 0) is 36.1 Å². The number of carbonyl (C=O) groups excluding carboxylic acids is 2. The molecule has 2 aromatic heterocycles. The van der Waals surface area contributed by atoms with Crippen molar-refractivity contribution in [1.82, 2.24) is 15.2 Å². The fourth-order valence-corrected chi connectivity index (χ4v) is 5.07. The van der Waals surface area contributed by atoms with E-state index >= 15 is 0 Å². The summed E-state index contributed by atoms with van der Waals surface area (Å²) in [4.78, 5) is 32.7. The molecule has 0 spiro atoms. The zero-order chi connectivity index (χ0) is 20.0. The molecule has 148 valence electrons. The SMILES string of the molecule is CC1(c2ccc3c(c2)OCCO3)NC(=O)N(Cc2csc(-c3cccs3)n2)C1=O. The number of thiazole rings is 1. The smallest absolute Gasteiger partial charge is 0.325 e. The minimum atomic E-state index is -1.17. The third kappa shape index (κ3) is 3.06. The molecule has 29 heavy (non-hydrogen) atoms. The third-order valence-electron chi connectivity index (χ3n) is 5.00. The molecule has 0 saturated carbocycles. The number of aromatic nitrogens is 1. The Hall–Kier alpha value is -2.91. The van der Waals surface area contributed by atoms with Gasteiger partial charge in [-0.15, -0.1) is 22.7 Å². The highest BCUT2D eigenvalue weighted by Gasteiger charge is 2.49. The average molecular weight is 428 g/mol. The topological polar surface area (TPSA) is 80.8 Å². The predicted molar refractivity (Wildman–Crippen MR) is 109 cm³/mol. The molecular formula is C20H17N3O4S2. The summed E-state index contributed by atoms with van der Waals surface area (Å²) in [6, 6.07) is 8.85. The molecule has 4 heterocycles. The molecule has 3 amide bonds. The molecule has 1 aromatic carbocycles. The number of nitrogens with zero attached hydrogens (tertiary/aromatic N) is 2. The van der Waals surface area contributed by atoms with E-state index < -0.39 is 11.6 Å². The predicted octanol–water partition coefficient (Wildman–Crippen LogP) is 3.61. The molecule has 5 rings (SSSR count). The second kappa shape index (κ2) is 6.85. The molecule has 0 radical (unpaired) electrons. The number of ether oxygens (including phenoxy) is 2. The van der Waals surface area contributed by atoms with Crippen LogP contribution in [0.15, 0.2) is 41.1 Å². The lowest BCUT2D eigenvalue weighted by molar-refractivity contribution is -0.131. The Labute approximate surface area is 174 Å². The van der Waals surface area contributed by atoms with Crippen molar-refractivity contribution >= 4 is 34.6 Å². The molecule has 0 bridgehead atoms. The number of nitrogens with one attached hydrogen (secondary N) is 1. The number of urea groups is 1. The number of amides is 3. The molecule has 1 unspecified atom stereocenters. The van der Waals surface area contributed by atoms with E-state index in [1.807, 2.05) is 22.9 Å². The first-order valence-corrected chi connectivity index (χ1v) is 10.8. The van der Waals surface area contributed by atoms with E-state index in [1.54, 1.807) is 36.5 Å². The number of rotatable bonds is 4. The summed E-state index contributed by atoms with van der Waals surface area (Å²) in [6.07, 6.45) is 0. The van der Waals surface area contributed by atoms with Gasteiger partial charge < -0.3 is 14.8 Å². The number of imide groups is 1. The van der Waals surface area contributed by atoms with Gasteiger partial charge >= 0.3 is 6.03 Å². The van der Waals surface area contributed by atoms with Crippen LogP contribution in [0.1, 0.15) is 18.2 Å². The molecule has 1 fully saturated rings. The lowest BCUT2D eigenvalue weighted by Gasteiger charge is -2.25. The van der Waals surface area contributed by atoms with Crippen LogP contribution >= 0.6 is 22.7 Å². The quantitative estimate of drug-likeness (QED) is 0.644. The summed E-state index contributed by atoms with van der Waals surface area (Å²) in [7, 11) is 0. The highest BCUT2D eigenvalue weighted by molar-refractivity contribution is 7.20. The molecule has 7 nitrogen and oxygen atoms in total. The van der Waals surface area contributed by atoms with Gasteiger partial charge in [0.2, 0.25) is 0 Å².